The summed E-state index contributed by atoms with van der Waals surface area (Å²) in [5.74, 6) is -1.74. The molecule has 0 aliphatic carbocycles. The number of hydrogen-bond acceptors (Lipinski definition) is 7. The van der Waals surface area contributed by atoms with Crippen molar-refractivity contribution in [2.24, 2.45) is 0 Å². The maximum atomic E-state index is 14.1. The van der Waals surface area contributed by atoms with Crippen molar-refractivity contribution in [2.45, 2.75) is 49.2 Å². The lowest BCUT2D eigenvalue weighted by atomic mass is 9.96. The Labute approximate surface area is 211 Å². The summed E-state index contributed by atoms with van der Waals surface area (Å²) in [6, 6.07) is 9.29. The largest absolute Gasteiger partial charge is 0.480 e. The van der Waals surface area contributed by atoms with Crippen LogP contribution in [0.2, 0.25) is 0 Å². The summed E-state index contributed by atoms with van der Waals surface area (Å²) in [6.07, 6.45) is -10.2. The number of carbonyl (C=O) groups is 1. The van der Waals surface area contributed by atoms with E-state index in [1.165, 1.54) is 18.2 Å². The van der Waals surface area contributed by atoms with Crippen molar-refractivity contribution in [2.75, 3.05) is 6.61 Å². The monoisotopic (exact) mass is 600 g/mol. The third-order valence-electron chi connectivity index (χ3n) is 5.05. The van der Waals surface area contributed by atoms with Crippen LogP contribution in [-0.2, 0) is 29.6 Å². The standard InChI is InChI=1S/C20H18F8NO7S2/c1-3-11(2)12-4-5-14-9-15(7-6-13(14)8-12)36-16(30)10-35-17(18(21,22)23)19(24,25)37(31,32)29-38(33,34)20(26,27)28/h4-9,11,17H,3,10H2,1-2H3/q-1. The second-order valence-corrected chi connectivity index (χ2v) is 11.3. The molecule has 0 heterocycles. The number of sulfonamides is 2. The molecule has 0 fully saturated rings. The molecule has 0 N–H and O–H groups in total. The number of benzene rings is 2. The van der Waals surface area contributed by atoms with E-state index in [1.54, 1.807) is 12.1 Å². The van der Waals surface area contributed by atoms with Crippen LogP contribution in [0.25, 0.3) is 14.9 Å². The number of rotatable bonds is 10. The average molecular weight is 600 g/mol. The quantitative estimate of drug-likeness (QED) is 0.205. The molecule has 2 rings (SSSR count). The number of esters is 1. The molecule has 0 spiro atoms. The summed E-state index contributed by atoms with van der Waals surface area (Å²) in [5, 5.41) is -5.15. The van der Waals surface area contributed by atoms with Crippen molar-refractivity contribution in [1.82, 2.24) is 0 Å². The normalized spacial score (nSPS) is 15.3. The fourth-order valence-electron chi connectivity index (χ4n) is 2.90. The second kappa shape index (κ2) is 10.9. The molecule has 2 unspecified atom stereocenters. The molecular weight excluding hydrogens is 582 g/mol. The SMILES string of the molecule is CCC(C)c1ccc2cc(OC(=O)COC(C(F)(F)F)C(F)(F)S(=O)(=O)[N-]S(=O)(=O)C(F)(F)F)ccc2c1. The van der Waals surface area contributed by atoms with Crippen LogP contribution >= 0.6 is 0 Å². The summed E-state index contributed by atoms with van der Waals surface area (Å²) in [7, 11) is -14.5. The van der Waals surface area contributed by atoms with Gasteiger partial charge in [-0.2, -0.15) is 35.1 Å². The Hall–Kier alpha value is -2.57. The summed E-state index contributed by atoms with van der Waals surface area (Å²) in [5.41, 5.74) is -5.51. The Morgan fingerprint density at radius 1 is 0.895 bits per heavy atom. The maximum absolute atomic E-state index is 14.1. The Kier molecular flexibility index (Phi) is 9.07. The van der Waals surface area contributed by atoms with Crippen molar-refractivity contribution in [3.8, 4) is 5.75 Å². The van der Waals surface area contributed by atoms with E-state index in [0.717, 1.165) is 16.1 Å². The molecule has 2 aromatic carbocycles. The zero-order valence-corrected chi connectivity index (χ0v) is 20.8. The molecule has 214 valence electrons. The van der Waals surface area contributed by atoms with Crippen molar-refractivity contribution in [3.63, 3.8) is 0 Å². The molecule has 0 saturated carbocycles. The molecule has 0 radical (unpaired) electrons. The Morgan fingerprint density at radius 2 is 1.45 bits per heavy atom. The second-order valence-electron chi connectivity index (χ2n) is 7.82. The molecule has 0 saturated heterocycles. The summed E-state index contributed by atoms with van der Waals surface area (Å²) < 4.78 is 159. The molecule has 38 heavy (non-hydrogen) atoms. The van der Waals surface area contributed by atoms with Gasteiger partial charge >= 0.3 is 22.9 Å². The van der Waals surface area contributed by atoms with Crippen molar-refractivity contribution >= 4 is 36.8 Å². The minimum atomic E-state index is -7.34. The van der Waals surface area contributed by atoms with Gasteiger partial charge in [-0.3, -0.25) is 0 Å². The van der Waals surface area contributed by atoms with E-state index in [2.05, 4.69) is 4.74 Å². The van der Waals surface area contributed by atoms with Gasteiger partial charge in [-0.1, -0.05) is 38.1 Å². The van der Waals surface area contributed by atoms with Crippen LogP contribution < -0.4 is 4.74 Å². The summed E-state index contributed by atoms with van der Waals surface area (Å²) in [6.45, 7) is 2.02. The number of hydrogen-bond donors (Lipinski definition) is 0. The van der Waals surface area contributed by atoms with Gasteiger partial charge in [0, 0.05) is 0 Å². The molecule has 2 aromatic rings. The minimum Gasteiger partial charge on any atom is -0.425 e. The fraction of sp³-hybridized carbons (Fsp3) is 0.450. The van der Waals surface area contributed by atoms with Crippen LogP contribution in [0.4, 0.5) is 35.1 Å². The average Bonchev–Trinajstić information content (AvgIpc) is 2.75. The van der Waals surface area contributed by atoms with Gasteiger partial charge < -0.3 is 13.6 Å². The van der Waals surface area contributed by atoms with E-state index >= 15 is 0 Å². The van der Waals surface area contributed by atoms with Gasteiger partial charge in [-0.15, -0.1) is 0 Å². The van der Waals surface area contributed by atoms with Gasteiger partial charge in [-0.25, -0.2) is 21.6 Å². The van der Waals surface area contributed by atoms with Crippen LogP contribution in [0.3, 0.4) is 0 Å². The molecule has 0 aliphatic rings. The van der Waals surface area contributed by atoms with E-state index in [4.69, 9.17) is 4.74 Å². The lowest BCUT2D eigenvalue weighted by Crippen LogP contribution is -2.52. The highest BCUT2D eigenvalue weighted by Crippen LogP contribution is 2.43. The van der Waals surface area contributed by atoms with Crippen LogP contribution in [0.5, 0.6) is 5.75 Å². The first-order valence-corrected chi connectivity index (χ1v) is 13.1. The number of ether oxygens (including phenoxy) is 2. The molecule has 0 aliphatic heterocycles. The Morgan fingerprint density at radius 3 is 1.97 bits per heavy atom. The molecule has 2 atom stereocenters. The highest BCUT2D eigenvalue weighted by Gasteiger charge is 2.62. The van der Waals surface area contributed by atoms with Gasteiger partial charge in [0.05, 0.1) is 0 Å². The molecule has 0 bridgehead atoms. The molecule has 0 amide bonds. The van der Waals surface area contributed by atoms with Crippen LogP contribution in [-0.4, -0.2) is 52.5 Å². The predicted octanol–water partition coefficient (Wildman–Crippen LogP) is 5.35. The van der Waals surface area contributed by atoms with E-state index < -0.39 is 55.7 Å². The highest BCUT2D eigenvalue weighted by atomic mass is 32.3. The zero-order valence-electron chi connectivity index (χ0n) is 19.2. The van der Waals surface area contributed by atoms with E-state index in [0.29, 0.717) is 10.8 Å². The van der Waals surface area contributed by atoms with Gasteiger partial charge in [0.15, 0.2) is 20.0 Å². The van der Waals surface area contributed by atoms with E-state index in [9.17, 15) is 56.8 Å². The van der Waals surface area contributed by atoms with E-state index in [1.807, 2.05) is 19.9 Å². The van der Waals surface area contributed by atoms with Gasteiger partial charge in [-0.05, 0) is 40.8 Å². The number of alkyl halides is 8. The predicted molar refractivity (Wildman–Crippen MR) is 116 cm³/mol. The first-order chi connectivity index (χ1) is 17.1. The molecule has 18 heteroatoms. The Bertz CT molecular complexity index is 1390. The number of halogens is 8. The smallest absolute Gasteiger partial charge is 0.425 e. The molecule has 8 nitrogen and oxygen atoms in total. The lowest BCUT2D eigenvalue weighted by molar-refractivity contribution is -0.262. The highest BCUT2D eigenvalue weighted by molar-refractivity contribution is 8.13. The summed E-state index contributed by atoms with van der Waals surface area (Å²) >= 11 is 0. The van der Waals surface area contributed by atoms with Crippen molar-refractivity contribution in [1.29, 1.82) is 0 Å². The minimum absolute atomic E-state index is 0.235. The van der Waals surface area contributed by atoms with Crippen LogP contribution in [0.15, 0.2) is 36.4 Å². The van der Waals surface area contributed by atoms with Gasteiger partial charge in [0.25, 0.3) is 0 Å². The number of fused-ring (bicyclic) bond motifs is 1. The van der Waals surface area contributed by atoms with Gasteiger partial charge in [0.2, 0.25) is 6.10 Å². The van der Waals surface area contributed by atoms with E-state index in [-0.39, 0.29) is 11.7 Å². The first kappa shape index (κ1) is 31.6. The third-order valence-corrected chi connectivity index (χ3v) is 8.11. The Balaban J connectivity index is 2.21. The third kappa shape index (κ3) is 7.09. The lowest BCUT2D eigenvalue weighted by Gasteiger charge is -2.33. The van der Waals surface area contributed by atoms with Crippen LogP contribution in [0, 0.1) is 0 Å². The molecular formula is C20H18F8NO7S2-. The van der Waals surface area contributed by atoms with Gasteiger partial charge in [0.1, 0.15) is 12.4 Å². The summed E-state index contributed by atoms with van der Waals surface area (Å²) in [4.78, 5) is 11.9. The first-order valence-electron chi connectivity index (χ1n) is 10.2. The number of carbonyl (C=O) groups excluding carboxylic acids is 1. The molecule has 0 aromatic heterocycles. The van der Waals surface area contributed by atoms with Crippen molar-refractivity contribution < 1.29 is 66.2 Å². The number of nitrogens with zero attached hydrogens (tertiary/aromatic N) is 1. The van der Waals surface area contributed by atoms with Crippen molar-refractivity contribution in [3.05, 3.63) is 46.1 Å². The topological polar surface area (TPSA) is 118 Å². The van der Waals surface area contributed by atoms with Crippen LogP contribution in [0.1, 0.15) is 31.7 Å². The zero-order chi connectivity index (χ0) is 29.3. The fourth-order valence-corrected chi connectivity index (χ4v) is 5.14. The maximum Gasteiger partial charge on any atom is 0.480 e.